The van der Waals surface area contributed by atoms with Gasteiger partial charge in [-0.3, -0.25) is 9.59 Å². The number of rotatable bonds is 9. The molecule has 0 radical (unpaired) electrons. The van der Waals surface area contributed by atoms with Gasteiger partial charge in [-0.2, -0.15) is 0 Å². The highest BCUT2D eigenvalue weighted by molar-refractivity contribution is 6.04. The van der Waals surface area contributed by atoms with Gasteiger partial charge >= 0.3 is 0 Å². The highest BCUT2D eigenvalue weighted by Gasteiger charge is 2.35. The number of amides is 2. The Morgan fingerprint density at radius 3 is 2.33 bits per heavy atom. The first kappa shape index (κ1) is 20.0. The Bertz CT molecular complexity index is 553. The van der Waals surface area contributed by atoms with E-state index in [0.717, 1.165) is 17.7 Å². The minimum absolute atomic E-state index is 0.234. The van der Waals surface area contributed by atoms with Gasteiger partial charge in [-0.15, -0.1) is 0 Å². The second kappa shape index (κ2) is 9.30. The third kappa shape index (κ3) is 6.22. The molecule has 0 saturated carbocycles. The maximum atomic E-state index is 12.3. The SMILES string of the molecule is COc1cccc(CCNC(=O)C(C)(C)C(=O)NCCC(C)C)c1. The second-order valence-corrected chi connectivity index (χ2v) is 6.92. The van der Waals surface area contributed by atoms with Crippen LogP contribution in [0.2, 0.25) is 0 Å². The summed E-state index contributed by atoms with van der Waals surface area (Å²) in [5, 5.41) is 5.69. The molecule has 0 aromatic heterocycles. The summed E-state index contributed by atoms with van der Waals surface area (Å²) in [6, 6.07) is 7.73. The standard InChI is InChI=1S/C19H30N2O3/c1-14(2)9-11-20-17(22)19(3,4)18(23)21-12-10-15-7-6-8-16(13-15)24-5/h6-8,13-14H,9-12H2,1-5H3,(H,20,22)(H,21,23). The Labute approximate surface area is 145 Å². The molecular weight excluding hydrogens is 304 g/mol. The van der Waals surface area contributed by atoms with Crippen molar-refractivity contribution < 1.29 is 14.3 Å². The summed E-state index contributed by atoms with van der Waals surface area (Å²) in [7, 11) is 1.63. The molecular formula is C19H30N2O3. The average Bonchev–Trinajstić information content (AvgIpc) is 2.54. The molecule has 1 rings (SSSR count). The van der Waals surface area contributed by atoms with Gasteiger partial charge in [-0.1, -0.05) is 26.0 Å². The van der Waals surface area contributed by atoms with Gasteiger partial charge in [-0.05, 0) is 50.3 Å². The van der Waals surface area contributed by atoms with Crippen molar-refractivity contribution in [2.75, 3.05) is 20.2 Å². The van der Waals surface area contributed by atoms with E-state index in [1.807, 2.05) is 24.3 Å². The Kier molecular flexibility index (Phi) is 7.75. The first-order valence-electron chi connectivity index (χ1n) is 8.47. The number of ether oxygens (including phenoxy) is 1. The van der Waals surface area contributed by atoms with Gasteiger partial charge in [0.2, 0.25) is 11.8 Å². The molecule has 2 amide bonds. The molecule has 0 saturated heterocycles. The zero-order chi connectivity index (χ0) is 18.2. The topological polar surface area (TPSA) is 67.4 Å². The lowest BCUT2D eigenvalue weighted by molar-refractivity contribution is -0.141. The van der Waals surface area contributed by atoms with Crippen LogP contribution in [0.3, 0.4) is 0 Å². The predicted octanol–water partition coefficient (Wildman–Crippen LogP) is 2.54. The number of nitrogens with one attached hydrogen (secondary N) is 2. The third-order valence-electron chi connectivity index (χ3n) is 3.98. The first-order valence-corrected chi connectivity index (χ1v) is 8.47. The van der Waals surface area contributed by atoms with Gasteiger partial charge < -0.3 is 15.4 Å². The van der Waals surface area contributed by atoms with Crippen molar-refractivity contribution in [3.05, 3.63) is 29.8 Å². The number of hydrogen-bond donors (Lipinski definition) is 2. The van der Waals surface area contributed by atoms with E-state index in [0.29, 0.717) is 25.4 Å². The molecule has 5 heteroatoms. The summed E-state index contributed by atoms with van der Waals surface area (Å²) in [4.78, 5) is 24.5. The fourth-order valence-electron chi connectivity index (χ4n) is 2.17. The minimum atomic E-state index is -1.08. The van der Waals surface area contributed by atoms with Crippen LogP contribution in [-0.2, 0) is 16.0 Å². The lowest BCUT2D eigenvalue weighted by Gasteiger charge is -2.23. The van der Waals surface area contributed by atoms with E-state index in [1.54, 1.807) is 21.0 Å². The second-order valence-electron chi connectivity index (χ2n) is 6.92. The van der Waals surface area contributed by atoms with Crippen molar-refractivity contribution in [3.8, 4) is 5.75 Å². The zero-order valence-electron chi connectivity index (χ0n) is 15.4. The van der Waals surface area contributed by atoms with Gasteiger partial charge in [0.15, 0.2) is 0 Å². The normalized spacial score (nSPS) is 11.2. The van der Waals surface area contributed by atoms with Crippen LogP contribution in [0.4, 0.5) is 0 Å². The van der Waals surface area contributed by atoms with E-state index in [-0.39, 0.29) is 11.8 Å². The number of carbonyl (C=O) groups excluding carboxylic acids is 2. The molecule has 0 aliphatic heterocycles. The van der Waals surface area contributed by atoms with Gasteiger partial charge in [0.05, 0.1) is 7.11 Å². The summed E-state index contributed by atoms with van der Waals surface area (Å²) in [6.45, 7) is 8.58. The predicted molar refractivity (Wildman–Crippen MR) is 96.0 cm³/mol. The molecule has 0 fully saturated rings. The van der Waals surface area contributed by atoms with Crippen LogP contribution in [0.25, 0.3) is 0 Å². The van der Waals surface area contributed by atoms with Crippen molar-refractivity contribution in [3.63, 3.8) is 0 Å². The van der Waals surface area contributed by atoms with Crippen LogP contribution in [0, 0.1) is 11.3 Å². The van der Waals surface area contributed by atoms with Crippen molar-refractivity contribution in [2.24, 2.45) is 11.3 Å². The van der Waals surface area contributed by atoms with Crippen LogP contribution in [0.5, 0.6) is 5.75 Å². The molecule has 0 bridgehead atoms. The molecule has 0 atom stereocenters. The van der Waals surface area contributed by atoms with E-state index in [9.17, 15) is 9.59 Å². The average molecular weight is 334 g/mol. The number of methoxy groups -OCH3 is 1. The molecule has 0 aliphatic rings. The zero-order valence-corrected chi connectivity index (χ0v) is 15.4. The van der Waals surface area contributed by atoms with Gasteiger partial charge in [0.1, 0.15) is 11.2 Å². The molecule has 2 N–H and O–H groups in total. The Morgan fingerprint density at radius 1 is 1.12 bits per heavy atom. The molecule has 134 valence electrons. The summed E-state index contributed by atoms with van der Waals surface area (Å²) in [6.07, 6.45) is 1.59. The molecule has 0 spiro atoms. The fourth-order valence-corrected chi connectivity index (χ4v) is 2.17. The highest BCUT2D eigenvalue weighted by Crippen LogP contribution is 2.16. The monoisotopic (exact) mass is 334 g/mol. The summed E-state index contributed by atoms with van der Waals surface area (Å²) < 4.78 is 5.18. The van der Waals surface area contributed by atoms with Crippen LogP contribution in [0.1, 0.15) is 39.7 Å². The molecule has 0 heterocycles. The van der Waals surface area contributed by atoms with E-state index < -0.39 is 5.41 Å². The lowest BCUT2D eigenvalue weighted by atomic mass is 9.91. The van der Waals surface area contributed by atoms with E-state index >= 15 is 0 Å². The number of benzene rings is 1. The van der Waals surface area contributed by atoms with Crippen LogP contribution < -0.4 is 15.4 Å². The molecule has 1 aromatic rings. The van der Waals surface area contributed by atoms with E-state index in [1.165, 1.54) is 0 Å². The molecule has 5 nitrogen and oxygen atoms in total. The Balaban J connectivity index is 2.45. The maximum absolute atomic E-state index is 12.3. The van der Waals surface area contributed by atoms with Crippen LogP contribution >= 0.6 is 0 Å². The largest absolute Gasteiger partial charge is 0.497 e. The summed E-state index contributed by atoms with van der Waals surface area (Å²) >= 11 is 0. The molecule has 1 aromatic carbocycles. The van der Waals surface area contributed by atoms with E-state index in [2.05, 4.69) is 24.5 Å². The van der Waals surface area contributed by atoms with Crippen LogP contribution in [0.15, 0.2) is 24.3 Å². The van der Waals surface area contributed by atoms with Crippen molar-refractivity contribution in [2.45, 2.75) is 40.5 Å². The highest BCUT2D eigenvalue weighted by atomic mass is 16.5. The number of carbonyl (C=O) groups is 2. The molecule has 24 heavy (non-hydrogen) atoms. The summed E-state index contributed by atoms with van der Waals surface area (Å²) in [5.41, 5.74) is -0.000388. The minimum Gasteiger partial charge on any atom is -0.497 e. The van der Waals surface area contributed by atoms with E-state index in [4.69, 9.17) is 4.74 Å². The van der Waals surface area contributed by atoms with Crippen molar-refractivity contribution >= 4 is 11.8 Å². The van der Waals surface area contributed by atoms with Crippen molar-refractivity contribution in [1.82, 2.24) is 10.6 Å². The Morgan fingerprint density at radius 2 is 1.75 bits per heavy atom. The first-order chi connectivity index (χ1) is 11.3. The quantitative estimate of drug-likeness (QED) is 0.682. The third-order valence-corrected chi connectivity index (χ3v) is 3.98. The summed E-state index contributed by atoms with van der Waals surface area (Å²) in [5.74, 6) is 0.822. The molecule has 0 aliphatic carbocycles. The Hall–Kier alpha value is -2.04. The lowest BCUT2D eigenvalue weighted by Crippen LogP contribution is -2.48. The fraction of sp³-hybridized carbons (Fsp3) is 0.579. The maximum Gasteiger partial charge on any atom is 0.235 e. The van der Waals surface area contributed by atoms with Gasteiger partial charge in [0, 0.05) is 13.1 Å². The number of hydrogen-bond acceptors (Lipinski definition) is 3. The molecule has 0 unspecified atom stereocenters. The van der Waals surface area contributed by atoms with Crippen LogP contribution in [-0.4, -0.2) is 32.0 Å². The van der Waals surface area contributed by atoms with Gasteiger partial charge in [-0.25, -0.2) is 0 Å². The smallest absolute Gasteiger partial charge is 0.235 e. The van der Waals surface area contributed by atoms with Crippen molar-refractivity contribution in [1.29, 1.82) is 0 Å². The van der Waals surface area contributed by atoms with Gasteiger partial charge in [0.25, 0.3) is 0 Å².